The van der Waals surface area contributed by atoms with Crippen LogP contribution in [0.25, 0.3) is 0 Å². The smallest absolute Gasteiger partial charge is 0.303 e. The van der Waals surface area contributed by atoms with E-state index < -0.39 is 17.7 Å². The quantitative estimate of drug-likeness (QED) is 0.560. The first-order chi connectivity index (χ1) is 13.3. The number of aliphatic hydroxyl groups excluding tert-OH is 1. The Hall–Kier alpha value is -1.85. The number of benzene rings is 1. The van der Waals surface area contributed by atoms with E-state index in [1.807, 2.05) is 37.3 Å². The number of carboxylic acids is 1. The number of aliphatic carboxylic acids is 1. The number of aryl methyl sites for hydroxylation is 1. The Bertz CT molecular complexity index is 724. The second-order valence-corrected chi connectivity index (χ2v) is 8.52. The summed E-state index contributed by atoms with van der Waals surface area (Å²) in [6.07, 6.45) is 7.98. The van der Waals surface area contributed by atoms with Crippen LogP contribution in [0, 0.1) is 5.92 Å². The van der Waals surface area contributed by atoms with E-state index in [9.17, 15) is 15.0 Å². The van der Waals surface area contributed by atoms with Crippen LogP contribution in [-0.2, 0) is 11.2 Å². The maximum absolute atomic E-state index is 10.9. The zero-order chi connectivity index (χ0) is 20.3. The lowest BCUT2D eigenvalue weighted by Crippen LogP contribution is -2.23. The third-order valence-corrected chi connectivity index (χ3v) is 6.08. The molecule has 5 heteroatoms. The molecule has 0 amide bonds. The van der Waals surface area contributed by atoms with Gasteiger partial charge in [0, 0.05) is 30.2 Å². The number of rotatable bonds is 9. The number of ether oxygens (including phenoxy) is 1. The van der Waals surface area contributed by atoms with E-state index in [-0.39, 0.29) is 24.4 Å². The van der Waals surface area contributed by atoms with Gasteiger partial charge in [0.2, 0.25) is 0 Å². The van der Waals surface area contributed by atoms with Crippen LogP contribution in [0.4, 0.5) is 0 Å². The second kappa shape index (κ2) is 8.66. The molecular formula is C23H32O5. The zero-order valence-electron chi connectivity index (χ0n) is 16.8. The van der Waals surface area contributed by atoms with Gasteiger partial charge in [0.1, 0.15) is 11.9 Å². The van der Waals surface area contributed by atoms with Crippen molar-refractivity contribution in [1.29, 1.82) is 0 Å². The van der Waals surface area contributed by atoms with Gasteiger partial charge in [-0.2, -0.15) is 0 Å². The van der Waals surface area contributed by atoms with Gasteiger partial charge in [0.15, 0.2) is 0 Å². The molecule has 1 aliphatic carbocycles. The molecule has 5 atom stereocenters. The van der Waals surface area contributed by atoms with Crippen molar-refractivity contribution in [2.75, 3.05) is 0 Å². The van der Waals surface area contributed by atoms with Crippen molar-refractivity contribution in [1.82, 2.24) is 0 Å². The molecule has 1 heterocycles. The van der Waals surface area contributed by atoms with Crippen molar-refractivity contribution >= 4 is 5.97 Å². The fourth-order valence-electron chi connectivity index (χ4n) is 4.55. The normalized spacial score (nSPS) is 28.0. The average molecular weight is 389 g/mol. The van der Waals surface area contributed by atoms with Gasteiger partial charge >= 0.3 is 5.97 Å². The standard InChI is InChI=1S/C23H32O5/c1-3-4-12-23(2,27)13-6-9-16-18(24)14-19-21(16)17-8-5-7-15(22(17)28-19)10-11-20(25)26/h5-9,16,18-19,21,24,27H,3-4,10-14H2,1-2H3,(H,25,26)/t16-,18+,19-,21-,23?/m0/s1. The Kier molecular flexibility index (Phi) is 6.46. The molecule has 154 valence electrons. The topological polar surface area (TPSA) is 87.0 Å². The number of hydrogen-bond donors (Lipinski definition) is 3. The Labute approximate surface area is 167 Å². The van der Waals surface area contributed by atoms with Crippen LogP contribution in [0.2, 0.25) is 0 Å². The summed E-state index contributed by atoms with van der Waals surface area (Å²) in [5.74, 6) is 0.00992. The van der Waals surface area contributed by atoms with Crippen molar-refractivity contribution in [2.45, 2.75) is 82.5 Å². The van der Waals surface area contributed by atoms with E-state index in [1.54, 1.807) is 0 Å². The van der Waals surface area contributed by atoms with Crippen molar-refractivity contribution in [3.63, 3.8) is 0 Å². The Morgan fingerprint density at radius 1 is 1.39 bits per heavy atom. The van der Waals surface area contributed by atoms with Crippen LogP contribution in [0.3, 0.4) is 0 Å². The van der Waals surface area contributed by atoms with E-state index in [1.165, 1.54) is 0 Å². The predicted molar refractivity (Wildman–Crippen MR) is 108 cm³/mol. The van der Waals surface area contributed by atoms with Gasteiger partial charge in [-0.05, 0) is 31.7 Å². The predicted octanol–water partition coefficient (Wildman–Crippen LogP) is 3.82. The summed E-state index contributed by atoms with van der Waals surface area (Å²) in [6.45, 7) is 3.98. The van der Waals surface area contributed by atoms with E-state index in [0.29, 0.717) is 19.3 Å². The highest BCUT2D eigenvalue weighted by molar-refractivity contribution is 5.67. The largest absolute Gasteiger partial charge is 0.489 e. The molecule has 0 spiro atoms. The summed E-state index contributed by atoms with van der Waals surface area (Å²) in [7, 11) is 0. The van der Waals surface area contributed by atoms with Gasteiger partial charge in [-0.25, -0.2) is 0 Å². The molecule has 28 heavy (non-hydrogen) atoms. The maximum atomic E-state index is 10.9. The highest BCUT2D eigenvalue weighted by Gasteiger charge is 2.48. The van der Waals surface area contributed by atoms with E-state index in [2.05, 4.69) is 6.92 Å². The number of carboxylic acid groups (broad SMARTS) is 1. The average Bonchev–Trinajstić information content (AvgIpc) is 3.14. The molecular weight excluding hydrogens is 356 g/mol. The minimum Gasteiger partial charge on any atom is -0.489 e. The van der Waals surface area contributed by atoms with Gasteiger partial charge in [0.05, 0.1) is 11.7 Å². The van der Waals surface area contributed by atoms with Crippen LogP contribution < -0.4 is 4.74 Å². The van der Waals surface area contributed by atoms with Crippen LogP contribution in [0.15, 0.2) is 30.4 Å². The molecule has 0 radical (unpaired) electrons. The molecule has 1 saturated carbocycles. The van der Waals surface area contributed by atoms with Crippen LogP contribution >= 0.6 is 0 Å². The van der Waals surface area contributed by atoms with Crippen LogP contribution in [0.1, 0.15) is 69.4 Å². The third kappa shape index (κ3) is 4.58. The molecule has 1 aliphatic heterocycles. The number of unbranched alkanes of at least 4 members (excludes halogenated alkanes) is 1. The molecule has 1 unspecified atom stereocenters. The SMILES string of the molecule is CCCCC(C)(O)CC=C[C@@H]1[C@H]2c3cccc(CCC(=O)O)c3O[C@H]2C[C@H]1O. The minimum absolute atomic E-state index is 0.0528. The molecule has 0 saturated heterocycles. The molecule has 5 nitrogen and oxygen atoms in total. The molecule has 1 aromatic carbocycles. The Balaban J connectivity index is 1.74. The highest BCUT2D eigenvalue weighted by Crippen LogP contribution is 2.52. The molecule has 1 fully saturated rings. The molecule has 1 aromatic rings. The van der Waals surface area contributed by atoms with Crippen molar-refractivity contribution in [2.24, 2.45) is 5.92 Å². The lowest BCUT2D eigenvalue weighted by Gasteiger charge is -2.22. The van der Waals surface area contributed by atoms with Crippen LogP contribution in [0.5, 0.6) is 5.75 Å². The highest BCUT2D eigenvalue weighted by atomic mass is 16.5. The molecule has 3 rings (SSSR count). The Morgan fingerprint density at radius 2 is 2.18 bits per heavy atom. The molecule has 2 aliphatic rings. The molecule has 0 bridgehead atoms. The third-order valence-electron chi connectivity index (χ3n) is 6.08. The summed E-state index contributed by atoms with van der Waals surface area (Å²) in [4.78, 5) is 10.9. The number of aliphatic hydroxyl groups is 2. The summed E-state index contributed by atoms with van der Waals surface area (Å²) in [6, 6.07) is 5.90. The van der Waals surface area contributed by atoms with E-state index in [0.717, 1.165) is 36.1 Å². The molecule has 3 N–H and O–H groups in total. The fourth-order valence-corrected chi connectivity index (χ4v) is 4.55. The number of para-hydroxylation sites is 1. The lowest BCUT2D eigenvalue weighted by molar-refractivity contribution is -0.136. The Morgan fingerprint density at radius 3 is 2.89 bits per heavy atom. The van der Waals surface area contributed by atoms with Crippen molar-refractivity contribution < 1.29 is 24.9 Å². The monoisotopic (exact) mass is 388 g/mol. The van der Waals surface area contributed by atoms with Gasteiger partial charge in [-0.3, -0.25) is 4.79 Å². The summed E-state index contributed by atoms with van der Waals surface area (Å²) < 4.78 is 6.16. The van der Waals surface area contributed by atoms with Gasteiger partial charge in [-0.15, -0.1) is 0 Å². The van der Waals surface area contributed by atoms with Gasteiger partial charge in [-0.1, -0.05) is 50.1 Å². The fraction of sp³-hybridized carbons (Fsp3) is 0.609. The van der Waals surface area contributed by atoms with E-state index >= 15 is 0 Å². The number of carbonyl (C=O) groups is 1. The summed E-state index contributed by atoms with van der Waals surface area (Å²) in [5, 5.41) is 30.0. The van der Waals surface area contributed by atoms with Gasteiger partial charge in [0.25, 0.3) is 0 Å². The second-order valence-electron chi connectivity index (χ2n) is 8.52. The van der Waals surface area contributed by atoms with Crippen molar-refractivity contribution in [3.05, 3.63) is 41.5 Å². The van der Waals surface area contributed by atoms with Crippen LogP contribution in [-0.4, -0.2) is 39.1 Å². The maximum Gasteiger partial charge on any atom is 0.303 e. The first-order valence-corrected chi connectivity index (χ1v) is 10.4. The van der Waals surface area contributed by atoms with E-state index in [4.69, 9.17) is 9.84 Å². The molecule has 0 aromatic heterocycles. The summed E-state index contributed by atoms with van der Waals surface area (Å²) in [5.41, 5.74) is 1.27. The zero-order valence-corrected chi connectivity index (χ0v) is 16.8. The lowest BCUT2D eigenvalue weighted by atomic mass is 9.86. The van der Waals surface area contributed by atoms with Gasteiger partial charge < -0.3 is 20.1 Å². The minimum atomic E-state index is -0.817. The summed E-state index contributed by atoms with van der Waals surface area (Å²) >= 11 is 0. The van der Waals surface area contributed by atoms with Crippen molar-refractivity contribution in [3.8, 4) is 5.75 Å². The first kappa shape index (κ1) is 20.9. The number of fused-ring (bicyclic) bond motifs is 3. The first-order valence-electron chi connectivity index (χ1n) is 10.4. The number of hydrogen-bond acceptors (Lipinski definition) is 4.